The Labute approximate surface area is 296 Å². The lowest BCUT2D eigenvalue weighted by Gasteiger charge is -2.37. The third-order valence-electron chi connectivity index (χ3n) is 11.9. The quantitative estimate of drug-likeness (QED) is 0.174. The first-order valence-corrected chi connectivity index (χ1v) is 18.3. The highest BCUT2D eigenvalue weighted by molar-refractivity contribution is 6.09. The van der Waals surface area contributed by atoms with E-state index in [1.165, 1.54) is 66.7 Å². The smallest absolute Gasteiger partial charge is 0.0652 e. The molecule has 50 heavy (non-hydrogen) atoms. The van der Waals surface area contributed by atoms with Gasteiger partial charge in [0.15, 0.2) is 0 Å². The molecule has 0 saturated heterocycles. The van der Waals surface area contributed by atoms with Crippen LogP contribution >= 0.6 is 0 Å². The Morgan fingerprint density at radius 1 is 0.620 bits per heavy atom. The zero-order valence-corrected chi connectivity index (χ0v) is 29.4. The second-order valence-corrected chi connectivity index (χ2v) is 14.8. The SMILES string of the molecule is CC1CC=CC2=C1N(c1ccc(C(C)c3ccc(C(C)c4ccc(-n5c6ccccc6c6ccccc65)cc4)cc3)cc1)C1C=CC=CC21C. The van der Waals surface area contributed by atoms with Crippen molar-refractivity contribution in [1.29, 1.82) is 0 Å². The maximum atomic E-state index is 2.61. The number of benzene rings is 5. The number of anilines is 1. The zero-order valence-electron chi connectivity index (χ0n) is 29.4. The molecule has 2 heterocycles. The second-order valence-electron chi connectivity index (χ2n) is 14.8. The lowest BCUT2D eigenvalue weighted by atomic mass is 9.73. The topological polar surface area (TPSA) is 8.17 Å². The van der Waals surface area contributed by atoms with Crippen molar-refractivity contribution in [2.75, 3.05) is 4.90 Å². The van der Waals surface area contributed by atoms with E-state index in [0.29, 0.717) is 23.8 Å². The summed E-state index contributed by atoms with van der Waals surface area (Å²) < 4.78 is 2.39. The summed E-state index contributed by atoms with van der Waals surface area (Å²) in [6.45, 7) is 9.43. The molecular formula is C48H44N2. The summed E-state index contributed by atoms with van der Waals surface area (Å²) in [7, 11) is 0. The van der Waals surface area contributed by atoms with Gasteiger partial charge >= 0.3 is 0 Å². The molecule has 0 bridgehead atoms. The lowest BCUT2D eigenvalue weighted by molar-refractivity contribution is 0.483. The van der Waals surface area contributed by atoms with Crippen molar-refractivity contribution in [3.05, 3.63) is 191 Å². The molecule has 2 nitrogen and oxygen atoms in total. The van der Waals surface area contributed by atoms with Crippen molar-refractivity contribution in [3.63, 3.8) is 0 Å². The van der Waals surface area contributed by atoms with Crippen LogP contribution in [-0.2, 0) is 0 Å². The number of hydrogen-bond acceptors (Lipinski definition) is 1. The number of fused-ring (bicyclic) bond motifs is 5. The summed E-state index contributed by atoms with van der Waals surface area (Å²) in [5.41, 5.74) is 13.3. The molecular weight excluding hydrogens is 605 g/mol. The molecule has 2 aliphatic carbocycles. The molecule has 6 aromatic rings. The van der Waals surface area contributed by atoms with Crippen LogP contribution in [0.15, 0.2) is 169 Å². The molecule has 0 radical (unpaired) electrons. The molecule has 5 aromatic carbocycles. The van der Waals surface area contributed by atoms with Crippen LogP contribution in [0.25, 0.3) is 27.5 Å². The van der Waals surface area contributed by atoms with Crippen LogP contribution in [0.2, 0.25) is 0 Å². The first kappa shape index (κ1) is 30.7. The van der Waals surface area contributed by atoms with Crippen LogP contribution in [0.5, 0.6) is 0 Å². The van der Waals surface area contributed by atoms with E-state index in [9.17, 15) is 0 Å². The minimum absolute atomic E-state index is 0.00843. The summed E-state index contributed by atoms with van der Waals surface area (Å²) in [6, 6.07) is 45.6. The molecule has 5 unspecified atom stereocenters. The average Bonchev–Trinajstić information content (AvgIpc) is 3.65. The van der Waals surface area contributed by atoms with E-state index in [4.69, 9.17) is 0 Å². The monoisotopic (exact) mass is 648 g/mol. The van der Waals surface area contributed by atoms with Crippen LogP contribution in [0.3, 0.4) is 0 Å². The van der Waals surface area contributed by atoms with E-state index >= 15 is 0 Å². The predicted molar refractivity (Wildman–Crippen MR) is 211 cm³/mol. The predicted octanol–water partition coefficient (Wildman–Crippen LogP) is 12.3. The van der Waals surface area contributed by atoms with E-state index in [2.05, 4.69) is 195 Å². The van der Waals surface area contributed by atoms with E-state index in [1.807, 2.05) is 0 Å². The van der Waals surface area contributed by atoms with Crippen LogP contribution in [-0.4, -0.2) is 10.6 Å². The Bertz CT molecular complexity index is 2290. The largest absolute Gasteiger partial charge is 0.336 e. The average molecular weight is 649 g/mol. The van der Waals surface area contributed by atoms with Crippen molar-refractivity contribution in [2.45, 2.75) is 52.0 Å². The third kappa shape index (κ3) is 4.76. The molecule has 0 saturated carbocycles. The Morgan fingerprint density at radius 2 is 1.12 bits per heavy atom. The van der Waals surface area contributed by atoms with Crippen molar-refractivity contribution in [1.82, 2.24) is 4.57 Å². The van der Waals surface area contributed by atoms with Crippen molar-refractivity contribution >= 4 is 27.5 Å². The fraction of sp³-hybridized carbons (Fsp3) is 0.208. The fourth-order valence-electron chi connectivity index (χ4n) is 8.95. The van der Waals surface area contributed by atoms with E-state index < -0.39 is 0 Å². The summed E-state index contributed by atoms with van der Waals surface area (Å²) in [5, 5.41) is 2.59. The number of nitrogens with zero attached hydrogens (tertiary/aromatic N) is 2. The van der Waals surface area contributed by atoms with Gasteiger partial charge in [-0.15, -0.1) is 0 Å². The summed E-state index contributed by atoms with van der Waals surface area (Å²) in [4.78, 5) is 2.61. The number of aromatic nitrogens is 1. The maximum Gasteiger partial charge on any atom is 0.0652 e. The molecule has 9 rings (SSSR count). The highest BCUT2D eigenvalue weighted by Crippen LogP contribution is 2.53. The van der Waals surface area contributed by atoms with Gasteiger partial charge in [0.1, 0.15) is 0 Å². The van der Waals surface area contributed by atoms with E-state index in [1.54, 1.807) is 0 Å². The second kappa shape index (κ2) is 11.9. The maximum absolute atomic E-state index is 2.61. The molecule has 1 aliphatic heterocycles. The van der Waals surface area contributed by atoms with Gasteiger partial charge in [-0.05, 0) is 77.6 Å². The van der Waals surface area contributed by atoms with Crippen LogP contribution in [0.1, 0.15) is 68.2 Å². The number of para-hydroxylation sites is 2. The minimum Gasteiger partial charge on any atom is -0.336 e. The number of allylic oxidation sites excluding steroid dienone is 5. The van der Waals surface area contributed by atoms with Gasteiger partial charge in [-0.2, -0.15) is 0 Å². The van der Waals surface area contributed by atoms with Crippen LogP contribution < -0.4 is 4.90 Å². The van der Waals surface area contributed by atoms with Crippen molar-refractivity contribution in [2.24, 2.45) is 11.3 Å². The van der Waals surface area contributed by atoms with Gasteiger partial charge in [0, 0.05) is 51.0 Å². The van der Waals surface area contributed by atoms with Gasteiger partial charge in [-0.1, -0.05) is 142 Å². The molecule has 0 N–H and O–H groups in total. The van der Waals surface area contributed by atoms with Gasteiger partial charge in [0.2, 0.25) is 0 Å². The molecule has 246 valence electrons. The Kier molecular flexibility index (Phi) is 7.32. The Hall–Kier alpha value is -5.34. The van der Waals surface area contributed by atoms with Crippen molar-refractivity contribution in [3.8, 4) is 5.69 Å². The molecule has 0 spiro atoms. The Balaban J connectivity index is 0.937. The van der Waals surface area contributed by atoms with Gasteiger partial charge < -0.3 is 9.47 Å². The van der Waals surface area contributed by atoms with Crippen molar-refractivity contribution < 1.29 is 0 Å². The number of rotatable bonds is 6. The van der Waals surface area contributed by atoms with E-state index in [-0.39, 0.29) is 5.41 Å². The van der Waals surface area contributed by atoms with Crippen LogP contribution in [0, 0.1) is 11.3 Å². The highest BCUT2D eigenvalue weighted by Gasteiger charge is 2.48. The molecule has 3 aliphatic rings. The third-order valence-corrected chi connectivity index (χ3v) is 11.9. The summed E-state index contributed by atoms with van der Waals surface area (Å²) >= 11 is 0. The number of hydrogen-bond donors (Lipinski definition) is 0. The lowest BCUT2D eigenvalue weighted by Crippen LogP contribution is -2.39. The first-order valence-electron chi connectivity index (χ1n) is 18.3. The van der Waals surface area contributed by atoms with E-state index in [0.717, 1.165) is 6.42 Å². The van der Waals surface area contributed by atoms with Gasteiger partial charge in [-0.3, -0.25) is 0 Å². The summed E-state index contributed by atoms with van der Waals surface area (Å²) in [6.07, 6.45) is 15.1. The van der Waals surface area contributed by atoms with Gasteiger partial charge in [-0.25, -0.2) is 0 Å². The molecule has 1 aromatic heterocycles. The summed E-state index contributed by atoms with van der Waals surface area (Å²) in [5.74, 6) is 1.13. The fourth-order valence-corrected chi connectivity index (χ4v) is 8.95. The standard InChI is InChI=1S/C48H44N2/c1-32-12-11-15-43-47(32)50(46-18-9-10-31-48(43,46)4)40-29-25-38(26-30-40)34(3)36-21-19-35(20-22-36)33(2)37-23-27-39(28-24-37)49-44-16-7-5-13-41(44)42-14-6-8-17-45(42)49/h5-11,13-34,46H,12H2,1-4H3. The zero-order chi connectivity index (χ0) is 34.0. The molecule has 0 fully saturated rings. The molecule has 5 atom stereocenters. The highest BCUT2D eigenvalue weighted by atomic mass is 15.2. The Morgan fingerprint density at radius 3 is 1.68 bits per heavy atom. The van der Waals surface area contributed by atoms with Gasteiger partial charge in [0.25, 0.3) is 0 Å². The van der Waals surface area contributed by atoms with Gasteiger partial charge in [0.05, 0.1) is 17.1 Å². The molecule has 2 heteroatoms. The minimum atomic E-state index is 0.00843. The first-order chi connectivity index (χ1) is 24.4. The normalized spacial score (nSPS) is 22.3. The van der Waals surface area contributed by atoms with Crippen LogP contribution in [0.4, 0.5) is 5.69 Å². The molecule has 0 amide bonds.